The number of methoxy groups -OCH3 is 1. The molecular weight excluding hydrogens is 649 g/mol. The fraction of sp³-hybridized carbons (Fsp3) is 0.359. The number of carboxylic acid groups (broad SMARTS) is 1. The summed E-state index contributed by atoms with van der Waals surface area (Å²) >= 11 is 12.6. The summed E-state index contributed by atoms with van der Waals surface area (Å²) in [7, 11) is 1.65. The van der Waals surface area contributed by atoms with Gasteiger partial charge >= 0.3 is 6.09 Å². The molecule has 0 heterocycles. The Morgan fingerprint density at radius 3 is 2.10 bits per heavy atom. The lowest BCUT2D eigenvalue weighted by Crippen LogP contribution is -2.47. The van der Waals surface area contributed by atoms with Gasteiger partial charge < -0.3 is 29.0 Å². The lowest BCUT2D eigenvalue weighted by atomic mass is 9.86. The first-order valence-corrected chi connectivity index (χ1v) is 16.8. The minimum Gasteiger partial charge on any atom is -0.491 e. The van der Waals surface area contributed by atoms with E-state index in [1.165, 1.54) is 4.90 Å². The molecule has 0 fully saturated rings. The Hall–Kier alpha value is -3.91. The number of nitrogens with zero attached hydrogens (tertiary/aromatic N) is 1. The van der Waals surface area contributed by atoms with Crippen molar-refractivity contribution < 1.29 is 28.8 Å². The summed E-state index contributed by atoms with van der Waals surface area (Å²) in [6.45, 7) is 11.7. The third kappa shape index (κ3) is 10.0. The molecule has 7 nitrogen and oxygen atoms in total. The summed E-state index contributed by atoms with van der Waals surface area (Å²) in [6.07, 6.45) is -0.298. The third-order valence-electron chi connectivity index (χ3n) is 8.04. The highest BCUT2D eigenvalue weighted by Gasteiger charge is 2.30. The van der Waals surface area contributed by atoms with Gasteiger partial charge in [-0.3, -0.25) is 0 Å². The van der Waals surface area contributed by atoms with E-state index in [0.29, 0.717) is 54.3 Å². The Morgan fingerprint density at radius 1 is 0.833 bits per heavy atom. The summed E-state index contributed by atoms with van der Waals surface area (Å²) < 4.78 is 22.8. The smallest absolute Gasteiger partial charge is 0.407 e. The first-order valence-electron chi connectivity index (χ1n) is 16.0. The van der Waals surface area contributed by atoms with Crippen molar-refractivity contribution in [2.75, 3.05) is 40.1 Å². The lowest BCUT2D eigenvalue weighted by molar-refractivity contribution is 0.0956. The molecular formula is C39H45Cl2NO6. The van der Waals surface area contributed by atoms with E-state index in [4.69, 9.17) is 42.1 Å². The number of ether oxygens (including phenoxy) is 4. The van der Waals surface area contributed by atoms with Crippen LogP contribution in [0, 0.1) is 13.8 Å². The number of aryl methyl sites for hydroxylation is 2. The van der Waals surface area contributed by atoms with E-state index in [0.717, 1.165) is 39.1 Å². The molecule has 0 aromatic heterocycles. The number of para-hydroxylation sites is 1. The molecule has 1 unspecified atom stereocenters. The largest absolute Gasteiger partial charge is 0.491 e. The molecule has 0 saturated carbocycles. The predicted octanol–water partition coefficient (Wildman–Crippen LogP) is 9.87. The van der Waals surface area contributed by atoms with Crippen LogP contribution in [0.2, 0.25) is 10.0 Å². The van der Waals surface area contributed by atoms with Crippen molar-refractivity contribution in [3.8, 4) is 28.4 Å². The number of halogens is 2. The van der Waals surface area contributed by atoms with E-state index in [-0.39, 0.29) is 12.5 Å². The Balaban J connectivity index is 1.51. The number of benzene rings is 4. The summed E-state index contributed by atoms with van der Waals surface area (Å²) in [5.41, 5.74) is 5.67. The normalized spacial score (nSPS) is 12.0. The average molecular weight is 695 g/mol. The van der Waals surface area contributed by atoms with Crippen LogP contribution in [0.25, 0.3) is 11.1 Å². The molecule has 9 heteroatoms. The standard InChI is InChI=1S/C39H45Cl2NO6/c1-26-21-34(40)37(35(41)22-26)48-20-19-46-31-14-11-28(12-15-31)24-30(25-42(38(43)44)39(3,4)5)32-16-13-29(23-27(32)2)33-9-7-8-10-36(33)47-18-17-45-6/h7-16,21-23,30H,17-20,24-25H2,1-6H3,(H,43,44). The minimum atomic E-state index is -0.942. The van der Waals surface area contributed by atoms with Crippen molar-refractivity contribution in [1.29, 1.82) is 0 Å². The molecule has 4 aromatic carbocycles. The number of rotatable bonds is 15. The van der Waals surface area contributed by atoms with Gasteiger partial charge in [-0.2, -0.15) is 0 Å². The van der Waals surface area contributed by atoms with Crippen molar-refractivity contribution in [2.24, 2.45) is 0 Å². The van der Waals surface area contributed by atoms with E-state index in [2.05, 4.69) is 25.1 Å². The minimum absolute atomic E-state index is 0.0910. The zero-order valence-electron chi connectivity index (χ0n) is 28.5. The van der Waals surface area contributed by atoms with Crippen LogP contribution in [-0.2, 0) is 11.2 Å². The van der Waals surface area contributed by atoms with Gasteiger partial charge in [-0.05, 0) is 99.2 Å². The van der Waals surface area contributed by atoms with Crippen LogP contribution >= 0.6 is 23.2 Å². The molecule has 0 radical (unpaired) electrons. The van der Waals surface area contributed by atoms with Gasteiger partial charge in [0.15, 0.2) is 5.75 Å². The van der Waals surface area contributed by atoms with Gasteiger partial charge in [-0.25, -0.2) is 4.79 Å². The second kappa shape index (κ2) is 17.0. The highest BCUT2D eigenvalue weighted by atomic mass is 35.5. The lowest BCUT2D eigenvalue weighted by Gasteiger charge is -2.36. The van der Waals surface area contributed by atoms with Crippen LogP contribution in [0.3, 0.4) is 0 Å². The molecule has 1 N–H and O–H groups in total. The van der Waals surface area contributed by atoms with Gasteiger partial charge in [-0.15, -0.1) is 0 Å². The molecule has 0 aliphatic heterocycles. The quantitative estimate of drug-likeness (QED) is 0.125. The van der Waals surface area contributed by atoms with Gasteiger partial charge in [0.25, 0.3) is 0 Å². The van der Waals surface area contributed by atoms with Gasteiger partial charge in [0.2, 0.25) is 0 Å². The maximum Gasteiger partial charge on any atom is 0.407 e. The Labute approximate surface area is 294 Å². The average Bonchev–Trinajstić information content (AvgIpc) is 3.02. The SMILES string of the molecule is COCCOc1ccccc1-c1ccc(C(Cc2ccc(OCCOc3c(Cl)cc(C)cc3Cl)cc2)CN(C(=O)O)C(C)(C)C)c(C)c1. The fourth-order valence-electron chi connectivity index (χ4n) is 5.63. The molecule has 0 aliphatic carbocycles. The molecule has 48 heavy (non-hydrogen) atoms. The van der Waals surface area contributed by atoms with Crippen molar-refractivity contribution in [3.05, 3.63) is 111 Å². The van der Waals surface area contributed by atoms with E-state index in [1.54, 1.807) is 7.11 Å². The number of hydrogen-bond donors (Lipinski definition) is 1. The first kappa shape index (κ1) is 36.9. The Morgan fingerprint density at radius 2 is 1.48 bits per heavy atom. The zero-order chi connectivity index (χ0) is 34.8. The van der Waals surface area contributed by atoms with Crippen molar-refractivity contribution >= 4 is 29.3 Å². The summed E-state index contributed by atoms with van der Waals surface area (Å²) in [4.78, 5) is 13.9. The number of hydrogen-bond acceptors (Lipinski definition) is 5. The summed E-state index contributed by atoms with van der Waals surface area (Å²) in [5, 5.41) is 11.1. The molecule has 0 aliphatic rings. The second-order valence-electron chi connectivity index (χ2n) is 12.8. The molecule has 0 saturated heterocycles. The van der Waals surface area contributed by atoms with E-state index >= 15 is 0 Å². The fourth-order valence-corrected chi connectivity index (χ4v) is 6.34. The van der Waals surface area contributed by atoms with Gasteiger partial charge in [-0.1, -0.05) is 71.7 Å². The van der Waals surface area contributed by atoms with E-state index in [1.807, 2.05) is 88.4 Å². The highest BCUT2D eigenvalue weighted by Crippen LogP contribution is 2.36. The maximum absolute atomic E-state index is 12.4. The van der Waals surface area contributed by atoms with Crippen LogP contribution in [-0.4, -0.2) is 61.7 Å². The summed E-state index contributed by atoms with van der Waals surface area (Å²) in [5.74, 6) is 1.85. The first-order chi connectivity index (χ1) is 22.9. The molecule has 0 bridgehead atoms. The molecule has 4 rings (SSSR count). The predicted molar refractivity (Wildman–Crippen MR) is 194 cm³/mol. The van der Waals surface area contributed by atoms with Gasteiger partial charge in [0.05, 0.1) is 16.7 Å². The molecule has 1 atom stereocenters. The van der Waals surface area contributed by atoms with Gasteiger partial charge in [0, 0.05) is 30.7 Å². The van der Waals surface area contributed by atoms with E-state index < -0.39 is 11.6 Å². The van der Waals surface area contributed by atoms with E-state index in [9.17, 15) is 9.90 Å². The third-order valence-corrected chi connectivity index (χ3v) is 8.60. The topological polar surface area (TPSA) is 77.5 Å². The second-order valence-corrected chi connectivity index (χ2v) is 13.6. The molecule has 1 amide bonds. The molecule has 0 spiro atoms. The monoisotopic (exact) mass is 693 g/mol. The van der Waals surface area contributed by atoms with Crippen molar-refractivity contribution in [2.45, 2.75) is 52.5 Å². The zero-order valence-corrected chi connectivity index (χ0v) is 30.0. The maximum atomic E-state index is 12.4. The Kier molecular flexibility index (Phi) is 13.0. The van der Waals surface area contributed by atoms with Crippen LogP contribution in [0.1, 0.15) is 48.9 Å². The van der Waals surface area contributed by atoms with Crippen LogP contribution in [0.5, 0.6) is 17.2 Å². The van der Waals surface area contributed by atoms with Crippen LogP contribution in [0.4, 0.5) is 4.79 Å². The Bertz CT molecular complexity index is 1650. The highest BCUT2D eigenvalue weighted by molar-refractivity contribution is 6.37. The van der Waals surface area contributed by atoms with Crippen molar-refractivity contribution in [1.82, 2.24) is 4.90 Å². The van der Waals surface area contributed by atoms with Crippen molar-refractivity contribution in [3.63, 3.8) is 0 Å². The molecule has 4 aromatic rings. The number of amides is 1. The van der Waals surface area contributed by atoms with Crippen LogP contribution < -0.4 is 14.2 Å². The number of carbonyl (C=O) groups is 1. The molecule has 256 valence electrons. The summed E-state index contributed by atoms with van der Waals surface area (Å²) in [6, 6.07) is 25.8. The van der Waals surface area contributed by atoms with Gasteiger partial charge in [0.1, 0.15) is 31.3 Å². The van der Waals surface area contributed by atoms with Crippen LogP contribution in [0.15, 0.2) is 78.9 Å².